The van der Waals surface area contributed by atoms with Crippen LogP contribution in [-0.4, -0.2) is 157 Å². The summed E-state index contributed by atoms with van der Waals surface area (Å²) in [6.45, 7) is 16.6. The number of ether oxygens (including phenoxy) is 3. The number of likely N-dealkylation sites (N-methyl/N-ethyl adjacent to an activating group) is 1. The second-order valence-corrected chi connectivity index (χ2v) is 21.5. The van der Waals surface area contributed by atoms with Crippen LogP contribution in [0.1, 0.15) is 97.6 Å². The smallest absolute Gasteiger partial charge is 0.410 e. The number of carbonyl (C=O) groups excluding carboxylic acids is 7. The van der Waals surface area contributed by atoms with E-state index in [9.17, 15) is 43.1 Å². The van der Waals surface area contributed by atoms with Crippen molar-refractivity contribution in [3.05, 3.63) is 89.3 Å². The molecular weight excluding hydrogens is 978 g/mol. The molecule has 2 aromatic rings. The van der Waals surface area contributed by atoms with Crippen LogP contribution in [0.15, 0.2) is 72.3 Å². The quantitative estimate of drug-likeness (QED) is 0.0453. The van der Waals surface area contributed by atoms with Gasteiger partial charge in [0, 0.05) is 61.1 Å². The lowest BCUT2D eigenvalue weighted by atomic mass is 9.91. The van der Waals surface area contributed by atoms with Crippen molar-refractivity contribution in [1.29, 1.82) is 0 Å². The van der Waals surface area contributed by atoms with E-state index in [0.29, 0.717) is 112 Å². The Bertz CT molecular complexity index is 2450. The number of hydrogen-bond donors (Lipinski definition) is 4. The van der Waals surface area contributed by atoms with Crippen LogP contribution >= 0.6 is 0 Å². The van der Waals surface area contributed by atoms with E-state index in [0.717, 1.165) is 11.3 Å². The lowest BCUT2D eigenvalue weighted by Gasteiger charge is -2.42. The Labute approximate surface area is 446 Å². The molecule has 0 aromatic heterocycles. The van der Waals surface area contributed by atoms with E-state index in [1.165, 1.54) is 29.2 Å². The molecule has 18 nitrogen and oxygen atoms in total. The number of nitrogens with zero attached hydrogens (tertiary/aromatic N) is 4. The van der Waals surface area contributed by atoms with Crippen molar-refractivity contribution < 1.29 is 61.8 Å². The zero-order valence-corrected chi connectivity index (χ0v) is 45.3. The number of imide groups is 1. The number of nitrogens with one attached hydrogen (secondary N) is 3. The highest BCUT2D eigenvalue weighted by atomic mass is 19.1. The first-order valence-corrected chi connectivity index (χ1v) is 26.9. The second kappa shape index (κ2) is 27.6. The van der Waals surface area contributed by atoms with E-state index in [-0.39, 0.29) is 60.7 Å². The molecule has 2 unspecified atom stereocenters. The Hall–Kier alpha value is -6.44. The van der Waals surface area contributed by atoms with Crippen molar-refractivity contribution in [3.8, 4) is 0 Å². The van der Waals surface area contributed by atoms with Gasteiger partial charge in [0.05, 0.1) is 59.0 Å². The summed E-state index contributed by atoms with van der Waals surface area (Å²) in [7, 11) is 2.14. The largest absolute Gasteiger partial charge is 0.457 e. The Morgan fingerprint density at radius 3 is 2.24 bits per heavy atom. The summed E-state index contributed by atoms with van der Waals surface area (Å²) >= 11 is 0. The van der Waals surface area contributed by atoms with Crippen LogP contribution < -0.4 is 20.9 Å². The average molecular weight is 1060 g/mol. The zero-order valence-electron chi connectivity index (χ0n) is 45.3. The molecule has 2 fully saturated rings. The number of anilines is 2. The van der Waals surface area contributed by atoms with Crippen LogP contribution in [0.25, 0.3) is 6.08 Å². The Kier molecular flexibility index (Phi) is 21.3. The number of halogens is 1. The number of rotatable bonds is 18. The van der Waals surface area contributed by atoms with Gasteiger partial charge in [-0.1, -0.05) is 58.4 Å². The van der Waals surface area contributed by atoms with Crippen LogP contribution in [0, 0.1) is 23.6 Å². The zero-order chi connectivity index (χ0) is 55.1. The molecule has 4 aliphatic rings. The van der Waals surface area contributed by atoms with Crippen LogP contribution in [0.5, 0.6) is 0 Å². The maximum absolute atomic E-state index is 14.9. The molecule has 6 amide bonds. The number of carbonyl (C=O) groups is 7. The fourth-order valence-corrected chi connectivity index (χ4v) is 9.88. The number of hydrogen-bond acceptors (Lipinski definition) is 12. The molecule has 4 aliphatic heterocycles. The van der Waals surface area contributed by atoms with Gasteiger partial charge in [-0.15, -0.1) is 0 Å². The van der Waals surface area contributed by atoms with Crippen molar-refractivity contribution in [2.45, 2.75) is 123 Å². The minimum atomic E-state index is -0.944. The molecule has 414 valence electrons. The summed E-state index contributed by atoms with van der Waals surface area (Å²) < 4.78 is 33.3. The van der Waals surface area contributed by atoms with Crippen molar-refractivity contribution >= 4 is 59.0 Å². The van der Waals surface area contributed by atoms with Crippen LogP contribution in [0.4, 0.5) is 20.6 Å². The van der Waals surface area contributed by atoms with Gasteiger partial charge in [-0.3, -0.25) is 38.6 Å². The maximum Gasteiger partial charge on any atom is 0.410 e. The Balaban J connectivity index is 0.971. The SMILES string of the molecule is C/C(=C\c1cc(F)cc(N2CCOCC2)c1)[C@H]1OC(=O)C[C@H](O)CC[C@H](C)[C@@H](OC(=O)N2CC[N+](C)(Cc3ccc(NC(=O)C(C)NC(=O)C(NC(=O)CCCCCN4C(=O)C=CC4=O)C(C)C)cc3)CC2)/C=C/[C@@H]1C. The van der Waals surface area contributed by atoms with Gasteiger partial charge in [0.1, 0.15) is 36.7 Å². The van der Waals surface area contributed by atoms with Gasteiger partial charge in [0.15, 0.2) is 0 Å². The minimum Gasteiger partial charge on any atom is -0.457 e. The lowest BCUT2D eigenvalue weighted by molar-refractivity contribution is -0.926. The molecule has 4 heterocycles. The fraction of sp³-hybridized carbons (Fsp3) is 0.561. The van der Waals surface area contributed by atoms with E-state index in [4.69, 9.17) is 14.2 Å². The number of aliphatic hydroxyl groups is 1. The summed E-state index contributed by atoms with van der Waals surface area (Å²) in [4.78, 5) is 94.6. The number of amides is 6. The van der Waals surface area contributed by atoms with Crippen molar-refractivity contribution in [1.82, 2.24) is 20.4 Å². The number of piperazine rings is 1. The summed E-state index contributed by atoms with van der Waals surface area (Å²) in [6.07, 6.45) is 7.83. The number of quaternary nitrogens is 1. The number of benzene rings is 2. The molecule has 2 saturated heterocycles. The number of esters is 1. The predicted octanol–water partition coefficient (Wildman–Crippen LogP) is 5.89. The third-order valence-corrected chi connectivity index (χ3v) is 14.7. The molecule has 0 aliphatic carbocycles. The highest BCUT2D eigenvalue weighted by Gasteiger charge is 2.35. The molecule has 76 heavy (non-hydrogen) atoms. The van der Waals surface area contributed by atoms with Gasteiger partial charge < -0.3 is 44.7 Å². The van der Waals surface area contributed by atoms with Gasteiger partial charge in [0.2, 0.25) is 17.7 Å². The fourth-order valence-electron chi connectivity index (χ4n) is 9.88. The summed E-state index contributed by atoms with van der Waals surface area (Å²) in [6, 6.07) is 10.6. The van der Waals surface area contributed by atoms with E-state index < -0.39 is 54.3 Å². The molecule has 19 heteroatoms. The second-order valence-electron chi connectivity index (χ2n) is 21.5. The van der Waals surface area contributed by atoms with Crippen LogP contribution in [-0.2, 0) is 49.5 Å². The van der Waals surface area contributed by atoms with Crippen LogP contribution in [0.2, 0.25) is 0 Å². The summed E-state index contributed by atoms with van der Waals surface area (Å²) in [5.74, 6) is -3.56. The first-order chi connectivity index (χ1) is 36.2. The molecule has 2 aromatic carbocycles. The van der Waals surface area contributed by atoms with Gasteiger partial charge >= 0.3 is 12.1 Å². The van der Waals surface area contributed by atoms with Gasteiger partial charge in [-0.05, 0) is 98.9 Å². The summed E-state index contributed by atoms with van der Waals surface area (Å²) in [5.41, 5.74) is 3.65. The third kappa shape index (κ3) is 17.3. The lowest BCUT2D eigenvalue weighted by Crippen LogP contribution is -2.58. The number of morpholine rings is 1. The number of unbranched alkanes of at least 4 members (excludes halogenated alkanes) is 2. The normalized spacial score (nSPS) is 23.7. The monoisotopic (exact) mass is 1060 g/mol. The predicted molar refractivity (Wildman–Crippen MR) is 286 cm³/mol. The highest BCUT2D eigenvalue weighted by Crippen LogP contribution is 2.28. The van der Waals surface area contributed by atoms with Crippen molar-refractivity contribution in [2.75, 3.05) is 76.3 Å². The van der Waals surface area contributed by atoms with E-state index >= 15 is 0 Å². The van der Waals surface area contributed by atoms with E-state index in [2.05, 4.69) is 27.9 Å². The van der Waals surface area contributed by atoms with Crippen molar-refractivity contribution in [2.24, 2.45) is 17.8 Å². The van der Waals surface area contributed by atoms with E-state index in [1.807, 2.05) is 69.3 Å². The van der Waals surface area contributed by atoms with Gasteiger partial charge in [-0.2, -0.15) is 0 Å². The van der Waals surface area contributed by atoms with E-state index in [1.54, 1.807) is 25.7 Å². The minimum absolute atomic E-state index is 0.168. The maximum atomic E-state index is 14.9. The van der Waals surface area contributed by atoms with Gasteiger partial charge in [-0.25, -0.2) is 9.18 Å². The molecule has 6 rings (SSSR count). The first kappa shape index (κ1) is 58.8. The highest BCUT2D eigenvalue weighted by molar-refractivity contribution is 6.12. The molecule has 7 atom stereocenters. The Morgan fingerprint density at radius 2 is 1.57 bits per heavy atom. The molecule has 0 spiro atoms. The molecule has 0 bridgehead atoms. The topological polar surface area (TPSA) is 213 Å². The first-order valence-electron chi connectivity index (χ1n) is 26.9. The summed E-state index contributed by atoms with van der Waals surface area (Å²) in [5, 5.41) is 19.2. The number of cyclic esters (lactones) is 1. The average Bonchev–Trinajstić information content (AvgIpc) is 3.70. The standard InChI is InChI=1S/C57H78FN7O11/c1-37(2)53(61-49(67)11-9-8-10-22-64-50(68)20-21-51(64)69)56(72)59-41(6)55(71)60-45-16-14-42(15-17-45)36-65(7)27-23-63(24-28-65)57(73)75-48-19-13-39(4)54(76-52(70)35-47(66)18-12-38(48)3)40(5)31-43-32-44(58)34-46(33-43)62-25-29-74-30-26-62/h13-17,19-21,31-34,37-39,41,47-48,53-54,66H,8-12,18,22-30,35-36H2,1-7H3,(H2-,59,60,61,67,71,72)/p+1/b19-13+,40-31+/t38-,39-,41?,47+,48-,53?,54-/m0/s1. The van der Waals surface area contributed by atoms with Gasteiger partial charge in [0.25, 0.3) is 11.8 Å². The number of aliphatic hydroxyl groups excluding tert-OH is 1. The molecule has 4 N–H and O–H groups in total. The molecule has 0 radical (unpaired) electrons. The Morgan fingerprint density at radius 1 is 0.882 bits per heavy atom. The van der Waals surface area contributed by atoms with Crippen LogP contribution in [0.3, 0.4) is 0 Å². The molecular formula is C57H79FN7O11+. The van der Waals surface area contributed by atoms with Crippen molar-refractivity contribution in [3.63, 3.8) is 0 Å². The molecule has 0 saturated carbocycles. The third-order valence-electron chi connectivity index (χ3n) is 14.7.